The Bertz CT molecular complexity index is 1300. The lowest BCUT2D eigenvalue weighted by atomic mass is 10.00. The Kier molecular flexibility index (Phi) is 34.5. The zero-order chi connectivity index (χ0) is 44.1. The SMILES string of the molecule is CCCCCCCC/C=C/C/C=C/C/C=C/CCCC(=O)OC[C@H](CO[C@H]1O[C@H](CS(=O)(=O)O)[C@@H](O)C(O)C1O)OC(=O)CCCC/C=C/CCCCCCCCCCC. The van der Waals surface area contributed by atoms with Crippen molar-refractivity contribution < 1.29 is 56.8 Å². The highest BCUT2D eigenvalue weighted by Gasteiger charge is 2.46. The van der Waals surface area contributed by atoms with Gasteiger partial charge in [-0.2, -0.15) is 8.42 Å². The number of hydrogen-bond acceptors (Lipinski definition) is 11. The molecule has 60 heavy (non-hydrogen) atoms. The van der Waals surface area contributed by atoms with Gasteiger partial charge in [0.1, 0.15) is 36.8 Å². The number of aliphatic hydroxyl groups is 3. The molecule has 0 aromatic rings. The summed E-state index contributed by atoms with van der Waals surface area (Å²) in [5.74, 6) is -2.08. The fourth-order valence-corrected chi connectivity index (χ4v) is 7.44. The molecule has 0 bridgehead atoms. The number of unbranched alkanes of at least 4 members (excludes halogenated alkanes) is 18. The van der Waals surface area contributed by atoms with Crippen molar-refractivity contribution in [1.29, 1.82) is 0 Å². The minimum absolute atomic E-state index is 0.123. The van der Waals surface area contributed by atoms with Crippen molar-refractivity contribution in [3.05, 3.63) is 48.6 Å². The van der Waals surface area contributed by atoms with Gasteiger partial charge in [0.2, 0.25) is 0 Å². The van der Waals surface area contributed by atoms with Crippen molar-refractivity contribution in [3.8, 4) is 0 Å². The highest BCUT2D eigenvalue weighted by Crippen LogP contribution is 2.24. The summed E-state index contributed by atoms with van der Waals surface area (Å²) in [6.07, 6.45) is 34.5. The number of esters is 2. The molecule has 0 aliphatic carbocycles. The van der Waals surface area contributed by atoms with Crippen LogP contribution in [0, 0.1) is 0 Å². The predicted octanol–water partition coefficient (Wildman–Crippen LogP) is 9.56. The van der Waals surface area contributed by atoms with Gasteiger partial charge in [0.05, 0.1) is 6.61 Å². The first-order chi connectivity index (χ1) is 29.0. The Balaban J connectivity index is 2.49. The molecule has 1 heterocycles. The van der Waals surface area contributed by atoms with E-state index in [0.29, 0.717) is 19.3 Å². The molecule has 0 aromatic carbocycles. The van der Waals surface area contributed by atoms with E-state index in [0.717, 1.165) is 38.5 Å². The Morgan fingerprint density at radius 3 is 1.55 bits per heavy atom. The van der Waals surface area contributed by atoms with Crippen molar-refractivity contribution in [1.82, 2.24) is 0 Å². The summed E-state index contributed by atoms with van der Waals surface area (Å²) in [6, 6.07) is 0. The summed E-state index contributed by atoms with van der Waals surface area (Å²) in [7, 11) is -4.61. The number of rotatable bonds is 38. The van der Waals surface area contributed by atoms with E-state index in [2.05, 4.69) is 56.4 Å². The van der Waals surface area contributed by atoms with E-state index in [1.807, 2.05) is 6.08 Å². The molecule has 1 fully saturated rings. The first kappa shape index (κ1) is 55.6. The third-order valence-corrected chi connectivity index (χ3v) is 11.1. The van der Waals surface area contributed by atoms with E-state index >= 15 is 0 Å². The van der Waals surface area contributed by atoms with Gasteiger partial charge in [-0.25, -0.2) is 0 Å². The third-order valence-electron chi connectivity index (χ3n) is 10.4. The monoisotopic (exact) mass is 871 g/mol. The lowest BCUT2D eigenvalue weighted by molar-refractivity contribution is -0.297. The molecule has 1 saturated heterocycles. The van der Waals surface area contributed by atoms with Crippen molar-refractivity contribution in [2.45, 2.75) is 218 Å². The van der Waals surface area contributed by atoms with Gasteiger partial charge < -0.3 is 34.3 Å². The molecule has 348 valence electrons. The summed E-state index contributed by atoms with van der Waals surface area (Å²) in [4.78, 5) is 25.4. The molecule has 1 aliphatic heterocycles. The zero-order valence-corrected chi connectivity index (χ0v) is 37.9. The highest BCUT2D eigenvalue weighted by molar-refractivity contribution is 7.85. The lowest BCUT2D eigenvalue weighted by Crippen LogP contribution is -2.60. The van der Waals surface area contributed by atoms with Crippen LogP contribution in [0.5, 0.6) is 0 Å². The molecule has 13 heteroatoms. The number of carbonyl (C=O) groups excluding carboxylic acids is 2. The van der Waals surface area contributed by atoms with Crippen molar-refractivity contribution in [3.63, 3.8) is 0 Å². The summed E-state index contributed by atoms with van der Waals surface area (Å²) in [5, 5.41) is 30.9. The van der Waals surface area contributed by atoms with Crippen molar-refractivity contribution >= 4 is 22.1 Å². The van der Waals surface area contributed by atoms with Crippen LogP contribution in [0.3, 0.4) is 0 Å². The average Bonchev–Trinajstić information content (AvgIpc) is 3.21. The second kappa shape index (κ2) is 37.2. The van der Waals surface area contributed by atoms with E-state index in [-0.39, 0.29) is 19.4 Å². The number of aliphatic hydroxyl groups excluding tert-OH is 3. The Hall–Kier alpha value is -2.39. The normalized spacial score (nSPS) is 20.5. The van der Waals surface area contributed by atoms with Gasteiger partial charge in [0.15, 0.2) is 12.4 Å². The number of ether oxygens (including phenoxy) is 4. The Morgan fingerprint density at radius 1 is 0.567 bits per heavy atom. The van der Waals surface area contributed by atoms with Crippen molar-refractivity contribution in [2.24, 2.45) is 0 Å². The molecular weight excluding hydrogens is 789 g/mol. The van der Waals surface area contributed by atoms with Gasteiger partial charge in [-0.15, -0.1) is 0 Å². The van der Waals surface area contributed by atoms with E-state index in [1.54, 1.807) is 0 Å². The smallest absolute Gasteiger partial charge is 0.306 e. The number of hydrogen-bond donors (Lipinski definition) is 4. The molecule has 1 rings (SSSR count). The average molecular weight is 871 g/mol. The number of allylic oxidation sites excluding steroid dienone is 8. The maximum Gasteiger partial charge on any atom is 0.306 e. The van der Waals surface area contributed by atoms with E-state index in [4.69, 9.17) is 18.9 Å². The summed E-state index contributed by atoms with van der Waals surface area (Å²) in [5.41, 5.74) is 0. The van der Waals surface area contributed by atoms with E-state index < -0.39 is 71.2 Å². The summed E-state index contributed by atoms with van der Waals surface area (Å²) >= 11 is 0. The second-order valence-corrected chi connectivity index (χ2v) is 17.6. The largest absolute Gasteiger partial charge is 0.462 e. The quantitative estimate of drug-likeness (QED) is 0.0200. The summed E-state index contributed by atoms with van der Waals surface area (Å²) in [6.45, 7) is 3.69. The molecule has 0 saturated carbocycles. The van der Waals surface area contributed by atoms with Crippen LogP contribution in [0.1, 0.15) is 181 Å². The molecule has 0 spiro atoms. The zero-order valence-electron chi connectivity index (χ0n) is 37.1. The van der Waals surface area contributed by atoms with E-state index in [9.17, 15) is 37.9 Å². The van der Waals surface area contributed by atoms with Crippen LogP contribution in [0.2, 0.25) is 0 Å². The fourth-order valence-electron chi connectivity index (χ4n) is 6.75. The Morgan fingerprint density at radius 2 is 1.02 bits per heavy atom. The van der Waals surface area contributed by atoms with E-state index in [1.165, 1.54) is 96.3 Å². The van der Waals surface area contributed by atoms with Crippen LogP contribution in [0.25, 0.3) is 0 Å². The topological polar surface area (TPSA) is 186 Å². The molecule has 0 amide bonds. The first-order valence-corrected chi connectivity index (χ1v) is 24.8. The van der Waals surface area contributed by atoms with Crippen molar-refractivity contribution in [2.75, 3.05) is 19.0 Å². The minimum atomic E-state index is -4.61. The van der Waals surface area contributed by atoms with Crippen LogP contribution in [-0.2, 0) is 38.7 Å². The van der Waals surface area contributed by atoms with Crippen LogP contribution in [-0.4, -0.2) is 96.0 Å². The van der Waals surface area contributed by atoms with Gasteiger partial charge in [-0.3, -0.25) is 14.1 Å². The van der Waals surface area contributed by atoms with Crippen LogP contribution >= 0.6 is 0 Å². The molecule has 6 atom stereocenters. The van der Waals surface area contributed by atoms with Gasteiger partial charge in [0, 0.05) is 12.8 Å². The summed E-state index contributed by atoms with van der Waals surface area (Å²) < 4.78 is 54.0. The molecule has 12 nitrogen and oxygen atoms in total. The van der Waals surface area contributed by atoms with Gasteiger partial charge in [-0.1, -0.05) is 146 Å². The second-order valence-electron chi connectivity index (χ2n) is 16.1. The van der Waals surface area contributed by atoms with Crippen LogP contribution in [0.4, 0.5) is 0 Å². The lowest BCUT2D eigenvalue weighted by Gasteiger charge is -2.40. The van der Waals surface area contributed by atoms with Crippen LogP contribution < -0.4 is 0 Å². The number of carbonyl (C=O) groups is 2. The third kappa shape index (κ3) is 31.5. The maximum atomic E-state index is 12.8. The Labute approximate surface area is 363 Å². The first-order valence-electron chi connectivity index (χ1n) is 23.2. The molecule has 2 unspecified atom stereocenters. The standard InChI is InChI=1S/C47H82O12S/c1-3-5-7-9-11-13-15-17-19-20-22-23-25-27-29-31-33-35-42(48)56-37-40(38-57-47-46(52)45(51)44(50)41(59-47)39-60(53,54)55)58-43(49)36-34-32-30-28-26-24-21-18-16-14-12-10-8-6-4-2/h17,19,22-23,26-29,40-41,44-47,50-52H,3-16,18,20-21,24-25,30-39H2,1-2H3,(H,53,54,55)/b19-17+,23-22+,28-26+,29-27+/t40-,41-,44-,45?,46?,47+/m1/s1. The van der Waals surface area contributed by atoms with Gasteiger partial charge in [-0.05, 0) is 70.6 Å². The molecule has 0 aromatic heterocycles. The van der Waals surface area contributed by atoms with Crippen LogP contribution in [0.15, 0.2) is 48.6 Å². The molecule has 4 N–H and O–H groups in total. The predicted molar refractivity (Wildman–Crippen MR) is 238 cm³/mol. The highest BCUT2D eigenvalue weighted by atomic mass is 32.2. The molecular formula is C47H82O12S. The molecule has 1 aliphatic rings. The molecule has 0 radical (unpaired) electrons. The van der Waals surface area contributed by atoms with Gasteiger partial charge in [0.25, 0.3) is 10.1 Å². The fraction of sp³-hybridized carbons (Fsp3) is 0.787. The van der Waals surface area contributed by atoms with Gasteiger partial charge >= 0.3 is 11.9 Å². The minimum Gasteiger partial charge on any atom is -0.462 e. The maximum absolute atomic E-state index is 12.8.